The van der Waals surface area contributed by atoms with Crippen molar-refractivity contribution in [1.29, 1.82) is 0 Å². The molecule has 32 heavy (non-hydrogen) atoms. The first-order valence-electron chi connectivity index (χ1n) is 12.9. The van der Waals surface area contributed by atoms with Crippen molar-refractivity contribution in [2.45, 2.75) is 91.0 Å². The van der Waals surface area contributed by atoms with Gasteiger partial charge in [-0.3, -0.25) is 9.69 Å². The van der Waals surface area contributed by atoms with Gasteiger partial charge in [0.15, 0.2) is 0 Å². The van der Waals surface area contributed by atoms with Crippen LogP contribution in [0.15, 0.2) is 28.9 Å². The fourth-order valence-electron chi connectivity index (χ4n) is 7.49. The number of nitrogens with zero attached hydrogens (tertiary/aromatic N) is 1. The van der Waals surface area contributed by atoms with E-state index in [0.29, 0.717) is 11.8 Å². The molecule has 4 rings (SSSR count). The number of hydrogen-bond acceptors (Lipinski definition) is 4. The van der Waals surface area contributed by atoms with E-state index in [1.807, 2.05) is 6.26 Å². The van der Waals surface area contributed by atoms with Crippen molar-refractivity contribution in [1.82, 2.24) is 4.90 Å². The molecule has 0 unspecified atom stereocenters. The molecule has 0 spiro atoms. The Labute approximate surface area is 194 Å². The molecule has 1 aromatic heterocycles. The average Bonchev–Trinajstić information content (AvgIpc) is 3.04. The van der Waals surface area contributed by atoms with E-state index in [2.05, 4.69) is 31.4 Å². The Morgan fingerprint density at radius 2 is 1.94 bits per heavy atom. The molecule has 4 nitrogen and oxygen atoms in total. The highest BCUT2D eigenvalue weighted by molar-refractivity contribution is 5.77. The predicted octanol–water partition coefficient (Wildman–Crippen LogP) is 6.54. The lowest BCUT2D eigenvalue weighted by atomic mass is 9.46. The molecule has 2 saturated carbocycles. The lowest BCUT2D eigenvalue weighted by molar-refractivity contribution is -0.168. The van der Waals surface area contributed by atoms with Crippen LogP contribution in [0.1, 0.15) is 89.4 Å². The summed E-state index contributed by atoms with van der Waals surface area (Å²) >= 11 is 0. The van der Waals surface area contributed by atoms with Crippen LogP contribution < -0.4 is 0 Å². The van der Waals surface area contributed by atoms with Gasteiger partial charge in [0.2, 0.25) is 0 Å². The number of carbonyl (C=O) groups is 1. The van der Waals surface area contributed by atoms with E-state index < -0.39 is 0 Å². The van der Waals surface area contributed by atoms with Crippen molar-refractivity contribution < 1.29 is 13.9 Å². The van der Waals surface area contributed by atoms with Crippen LogP contribution in [0.25, 0.3) is 0 Å². The summed E-state index contributed by atoms with van der Waals surface area (Å²) in [6, 6.07) is 2.18. The lowest BCUT2D eigenvalue weighted by Gasteiger charge is -2.57. The maximum absolute atomic E-state index is 12.8. The van der Waals surface area contributed by atoms with Crippen LogP contribution in [0.2, 0.25) is 0 Å². The number of methoxy groups -OCH3 is 1. The number of allylic oxidation sites excluding steroid dienone is 1. The SMILES string of the molecule is C=C1CC[C@@H]2[C@](C)(CCC[C@@]2(C)C(=O)OC)[C@H]1CCc1ccoc1CN1CCCCCC1. The molecule has 0 bridgehead atoms. The number of rotatable bonds is 6. The number of carbonyl (C=O) groups excluding carboxylic acids is 1. The van der Waals surface area contributed by atoms with Crippen LogP contribution in [0.4, 0.5) is 0 Å². The molecule has 1 aromatic rings. The van der Waals surface area contributed by atoms with Crippen LogP contribution in [0.3, 0.4) is 0 Å². The Bertz CT molecular complexity index is 805. The second-order valence-corrected chi connectivity index (χ2v) is 11.2. The third-order valence-electron chi connectivity index (χ3n) is 9.28. The summed E-state index contributed by atoms with van der Waals surface area (Å²) in [4.78, 5) is 15.4. The van der Waals surface area contributed by atoms with Crippen molar-refractivity contribution in [3.05, 3.63) is 35.8 Å². The van der Waals surface area contributed by atoms with E-state index in [1.54, 1.807) is 7.11 Å². The highest BCUT2D eigenvalue weighted by Crippen LogP contribution is 2.62. The minimum atomic E-state index is -0.367. The van der Waals surface area contributed by atoms with Crippen molar-refractivity contribution in [2.24, 2.45) is 22.7 Å². The van der Waals surface area contributed by atoms with E-state index in [1.165, 1.54) is 56.3 Å². The van der Waals surface area contributed by atoms with Crippen molar-refractivity contribution >= 4 is 5.97 Å². The molecule has 3 fully saturated rings. The summed E-state index contributed by atoms with van der Waals surface area (Å²) in [5.74, 6) is 1.95. The van der Waals surface area contributed by atoms with E-state index in [9.17, 15) is 4.79 Å². The zero-order chi connectivity index (χ0) is 22.8. The van der Waals surface area contributed by atoms with Crippen molar-refractivity contribution in [3.8, 4) is 0 Å². The zero-order valence-corrected chi connectivity index (χ0v) is 20.6. The van der Waals surface area contributed by atoms with Gasteiger partial charge in [0.25, 0.3) is 0 Å². The minimum absolute atomic E-state index is 0.0192. The van der Waals surface area contributed by atoms with Crippen LogP contribution >= 0.6 is 0 Å². The quantitative estimate of drug-likeness (QED) is 0.371. The molecule has 2 heterocycles. The summed E-state index contributed by atoms with van der Waals surface area (Å²) < 4.78 is 11.2. The second-order valence-electron chi connectivity index (χ2n) is 11.2. The van der Waals surface area contributed by atoms with Gasteiger partial charge in [-0.15, -0.1) is 0 Å². The zero-order valence-electron chi connectivity index (χ0n) is 20.6. The Kier molecular flexibility index (Phi) is 7.19. The van der Waals surface area contributed by atoms with Gasteiger partial charge < -0.3 is 9.15 Å². The maximum atomic E-state index is 12.8. The van der Waals surface area contributed by atoms with Gasteiger partial charge in [-0.1, -0.05) is 38.3 Å². The average molecular weight is 442 g/mol. The summed E-state index contributed by atoms with van der Waals surface area (Å²) in [5, 5.41) is 0. The molecule has 178 valence electrons. The van der Waals surface area contributed by atoms with E-state index >= 15 is 0 Å². The smallest absolute Gasteiger partial charge is 0.311 e. The predicted molar refractivity (Wildman–Crippen MR) is 128 cm³/mol. The van der Waals surface area contributed by atoms with E-state index in [4.69, 9.17) is 9.15 Å². The Hall–Kier alpha value is -1.55. The normalized spacial score (nSPS) is 34.0. The first kappa shape index (κ1) is 23.6. The van der Waals surface area contributed by atoms with E-state index in [0.717, 1.165) is 50.8 Å². The number of ether oxygens (including phenoxy) is 1. The fraction of sp³-hybridized carbons (Fsp3) is 0.750. The third-order valence-corrected chi connectivity index (χ3v) is 9.28. The topological polar surface area (TPSA) is 42.7 Å². The highest BCUT2D eigenvalue weighted by atomic mass is 16.5. The standard InChI is InChI=1S/C28H43NO3/c1-21-10-13-25-27(2,15-9-16-28(25,3)26(30)31-4)23(21)12-11-22-14-19-32-24(22)20-29-17-7-5-6-8-18-29/h14,19,23,25H,1,5-13,15-18,20H2,2-4H3/t23-,25+,27+,28+/m0/s1. The summed E-state index contributed by atoms with van der Waals surface area (Å²) in [6.07, 6.45) is 14.6. The van der Waals surface area contributed by atoms with Gasteiger partial charge in [-0.25, -0.2) is 0 Å². The molecule has 0 aromatic carbocycles. The molecule has 1 saturated heterocycles. The van der Waals surface area contributed by atoms with Crippen LogP contribution in [-0.2, 0) is 22.5 Å². The van der Waals surface area contributed by atoms with Crippen molar-refractivity contribution in [3.63, 3.8) is 0 Å². The molecular weight excluding hydrogens is 398 g/mol. The number of likely N-dealkylation sites (tertiary alicyclic amines) is 1. The first-order chi connectivity index (χ1) is 15.4. The third kappa shape index (κ3) is 4.44. The Morgan fingerprint density at radius 3 is 2.66 bits per heavy atom. The lowest BCUT2D eigenvalue weighted by Crippen LogP contribution is -2.53. The van der Waals surface area contributed by atoms with Crippen LogP contribution in [0.5, 0.6) is 0 Å². The molecule has 4 atom stereocenters. The van der Waals surface area contributed by atoms with Crippen LogP contribution in [0, 0.1) is 22.7 Å². The summed E-state index contributed by atoms with van der Waals surface area (Å²) in [7, 11) is 1.55. The Morgan fingerprint density at radius 1 is 1.19 bits per heavy atom. The van der Waals surface area contributed by atoms with Gasteiger partial charge in [-0.05, 0) is 100 Å². The van der Waals surface area contributed by atoms with Gasteiger partial charge in [0.05, 0.1) is 25.3 Å². The number of furan rings is 1. The highest BCUT2D eigenvalue weighted by Gasteiger charge is 2.57. The number of hydrogen-bond donors (Lipinski definition) is 0. The Balaban J connectivity index is 1.48. The van der Waals surface area contributed by atoms with Gasteiger partial charge in [0.1, 0.15) is 5.76 Å². The summed E-state index contributed by atoms with van der Waals surface area (Å²) in [5.41, 5.74) is 2.49. The number of aryl methyl sites for hydroxylation is 1. The maximum Gasteiger partial charge on any atom is 0.311 e. The molecule has 1 aliphatic heterocycles. The molecule has 0 N–H and O–H groups in total. The molecule has 4 heteroatoms. The molecule has 2 aliphatic carbocycles. The molecule has 3 aliphatic rings. The van der Waals surface area contributed by atoms with Gasteiger partial charge >= 0.3 is 5.97 Å². The molecule has 0 radical (unpaired) electrons. The second kappa shape index (κ2) is 9.75. The molecule has 0 amide bonds. The van der Waals surface area contributed by atoms with E-state index in [-0.39, 0.29) is 16.8 Å². The van der Waals surface area contributed by atoms with Crippen molar-refractivity contribution in [2.75, 3.05) is 20.2 Å². The first-order valence-corrected chi connectivity index (χ1v) is 12.9. The fourth-order valence-corrected chi connectivity index (χ4v) is 7.49. The number of fused-ring (bicyclic) bond motifs is 1. The minimum Gasteiger partial charge on any atom is -0.469 e. The van der Waals surface area contributed by atoms with Gasteiger partial charge in [-0.2, -0.15) is 0 Å². The van der Waals surface area contributed by atoms with Crippen LogP contribution in [-0.4, -0.2) is 31.1 Å². The number of esters is 1. The monoisotopic (exact) mass is 441 g/mol. The molecular formula is C28H43NO3. The van der Waals surface area contributed by atoms with Gasteiger partial charge in [0, 0.05) is 0 Å². The summed E-state index contributed by atoms with van der Waals surface area (Å²) in [6.45, 7) is 12.4. The largest absolute Gasteiger partial charge is 0.469 e.